The van der Waals surface area contributed by atoms with Gasteiger partial charge in [-0.25, -0.2) is 9.59 Å². The lowest BCUT2D eigenvalue weighted by atomic mass is 9.83. The van der Waals surface area contributed by atoms with Gasteiger partial charge in [0.25, 0.3) is 0 Å². The Kier molecular flexibility index (Phi) is 7.80. The van der Waals surface area contributed by atoms with Crippen molar-refractivity contribution in [3.63, 3.8) is 0 Å². The van der Waals surface area contributed by atoms with Crippen molar-refractivity contribution < 1.29 is 33.0 Å². The van der Waals surface area contributed by atoms with Crippen LogP contribution in [0.15, 0.2) is 0 Å². The van der Waals surface area contributed by atoms with E-state index in [0.717, 1.165) is 32.1 Å². The van der Waals surface area contributed by atoms with E-state index in [1.165, 1.54) is 6.92 Å². The first-order valence-corrected chi connectivity index (χ1v) is 9.20. The summed E-state index contributed by atoms with van der Waals surface area (Å²) in [7, 11) is 0. The molecule has 1 fully saturated rings. The summed E-state index contributed by atoms with van der Waals surface area (Å²) >= 11 is 0. The van der Waals surface area contributed by atoms with E-state index in [4.69, 9.17) is 4.74 Å². The summed E-state index contributed by atoms with van der Waals surface area (Å²) in [6, 6.07) is 0. The zero-order chi connectivity index (χ0) is 20.0. The normalized spacial score (nSPS) is 18.7. The van der Waals surface area contributed by atoms with Gasteiger partial charge in [0.05, 0.1) is 6.61 Å². The summed E-state index contributed by atoms with van der Waals surface area (Å²) in [6.07, 6.45) is 3.47. The van der Waals surface area contributed by atoms with Crippen LogP contribution in [0.5, 0.6) is 0 Å². The number of hydrogen-bond donors (Lipinski definition) is 2. The number of alkyl halides is 2. The van der Waals surface area contributed by atoms with Crippen LogP contribution >= 0.6 is 0 Å². The van der Waals surface area contributed by atoms with E-state index in [1.54, 1.807) is 20.8 Å². The van der Waals surface area contributed by atoms with Crippen LogP contribution in [0.3, 0.4) is 0 Å². The molecule has 0 heterocycles. The molecule has 1 amide bonds. The molecule has 26 heavy (non-hydrogen) atoms. The Morgan fingerprint density at radius 1 is 1.15 bits per heavy atom. The maximum atomic E-state index is 14.6. The van der Waals surface area contributed by atoms with Gasteiger partial charge < -0.3 is 14.6 Å². The number of hydrogen-bond acceptors (Lipinski definition) is 5. The van der Waals surface area contributed by atoms with Crippen LogP contribution in [0.4, 0.5) is 13.6 Å². The minimum Gasteiger partial charge on any atom is -0.461 e. The highest BCUT2D eigenvalue weighted by atomic mass is 19.3. The van der Waals surface area contributed by atoms with Crippen molar-refractivity contribution in [1.82, 2.24) is 5.32 Å². The molecule has 0 spiro atoms. The summed E-state index contributed by atoms with van der Waals surface area (Å²) in [5.41, 5.74) is -4.01. The number of halogens is 2. The molecule has 0 aliphatic heterocycles. The molecule has 6 nitrogen and oxygen atoms in total. The smallest absolute Gasteiger partial charge is 0.410 e. The van der Waals surface area contributed by atoms with E-state index in [1.807, 2.05) is 5.32 Å². The molecule has 1 aliphatic carbocycles. The van der Waals surface area contributed by atoms with Crippen molar-refractivity contribution in [3.8, 4) is 0 Å². The van der Waals surface area contributed by atoms with Crippen molar-refractivity contribution in [1.29, 1.82) is 0 Å². The molecule has 0 aromatic carbocycles. The van der Waals surface area contributed by atoms with Gasteiger partial charge in [-0.05, 0) is 40.0 Å². The maximum absolute atomic E-state index is 14.6. The third-order valence-electron chi connectivity index (χ3n) is 4.40. The highest BCUT2D eigenvalue weighted by molar-refractivity contribution is 5.80. The minimum absolute atomic E-state index is 0.175. The minimum atomic E-state index is -4.30. The zero-order valence-corrected chi connectivity index (χ0v) is 16.1. The summed E-state index contributed by atoms with van der Waals surface area (Å²) in [5.74, 6) is -6.00. The number of alkyl carbamates (subject to hydrolysis) is 1. The Labute approximate surface area is 153 Å². The molecule has 8 heteroatoms. The maximum Gasteiger partial charge on any atom is 0.410 e. The van der Waals surface area contributed by atoms with Crippen molar-refractivity contribution in [2.45, 2.75) is 89.9 Å². The van der Waals surface area contributed by atoms with Gasteiger partial charge in [-0.15, -0.1) is 0 Å². The quantitative estimate of drug-likeness (QED) is 0.520. The van der Waals surface area contributed by atoms with Gasteiger partial charge in [-0.2, -0.15) is 8.78 Å². The summed E-state index contributed by atoms with van der Waals surface area (Å²) in [5, 5.41) is 12.4. The Bertz CT molecular complexity index is 486. The van der Waals surface area contributed by atoms with Crippen LogP contribution in [-0.4, -0.2) is 41.0 Å². The number of amides is 1. The first kappa shape index (κ1) is 22.6. The second-order valence-corrected chi connectivity index (χ2v) is 7.82. The van der Waals surface area contributed by atoms with Crippen LogP contribution in [0.1, 0.15) is 72.6 Å². The summed E-state index contributed by atoms with van der Waals surface area (Å²) in [6.45, 7) is 5.82. The average Bonchev–Trinajstić information content (AvgIpc) is 2.52. The van der Waals surface area contributed by atoms with E-state index < -0.39 is 35.7 Å². The number of carbonyl (C=O) groups excluding carboxylic acids is 2. The molecular formula is C18H31F2NO5. The number of rotatable bonds is 7. The van der Waals surface area contributed by atoms with E-state index in [2.05, 4.69) is 4.74 Å². The molecule has 1 saturated carbocycles. The van der Waals surface area contributed by atoms with Gasteiger partial charge in [0.15, 0.2) is 0 Å². The van der Waals surface area contributed by atoms with Gasteiger partial charge >= 0.3 is 18.0 Å². The molecule has 0 bridgehead atoms. The van der Waals surface area contributed by atoms with E-state index in [9.17, 15) is 23.5 Å². The molecule has 2 N–H and O–H groups in total. The molecule has 0 unspecified atom stereocenters. The lowest BCUT2D eigenvalue weighted by Crippen LogP contribution is -2.64. The standard InChI is InChI=1S/C18H31F2NO5/c1-5-25-14(22)18(19,20)17(24,21-15(23)26-16(2,3)4)12-11-13-9-7-6-8-10-13/h13,24H,5-12H2,1-4H3,(H,21,23)/t17-/m1/s1. The van der Waals surface area contributed by atoms with Crippen molar-refractivity contribution in [3.05, 3.63) is 0 Å². The molecule has 0 radical (unpaired) electrons. The lowest BCUT2D eigenvalue weighted by Gasteiger charge is -2.36. The van der Waals surface area contributed by atoms with Gasteiger partial charge in [-0.1, -0.05) is 32.1 Å². The van der Waals surface area contributed by atoms with Crippen molar-refractivity contribution in [2.75, 3.05) is 6.61 Å². The highest BCUT2D eigenvalue weighted by Gasteiger charge is 2.61. The van der Waals surface area contributed by atoms with Gasteiger partial charge in [0.2, 0.25) is 5.72 Å². The highest BCUT2D eigenvalue weighted by Crippen LogP contribution is 2.36. The number of ether oxygens (including phenoxy) is 2. The van der Waals surface area contributed by atoms with E-state index in [-0.39, 0.29) is 18.9 Å². The Morgan fingerprint density at radius 2 is 1.73 bits per heavy atom. The molecule has 152 valence electrons. The predicted molar refractivity (Wildman–Crippen MR) is 91.7 cm³/mol. The number of nitrogens with one attached hydrogen (secondary N) is 1. The van der Waals surface area contributed by atoms with Crippen LogP contribution < -0.4 is 5.32 Å². The molecule has 0 saturated heterocycles. The van der Waals surface area contributed by atoms with Crippen LogP contribution in [0.25, 0.3) is 0 Å². The fourth-order valence-corrected chi connectivity index (χ4v) is 3.05. The zero-order valence-electron chi connectivity index (χ0n) is 16.1. The van der Waals surface area contributed by atoms with Gasteiger partial charge in [0.1, 0.15) is 5.60 Å². The molecule has 0 aromatic heterocycles. The van der Waals surface area contributed by atoms with Crippen molar-refractivity contribution in [2.24, 2.45) is 5.92 Å². The van der Waals surface area contributed by atoms with E-state index >= 15 is 0 Å². The van der Waals surface area contributed by atoms with Gasteiger partial charge in [-0.3, -0.25) is 5.32 Å². The largest absolute Gasteiger partial charge is 0.461 e. The number of esters is 1. The molecule has 0 aromatic rings. The fourth-order valence-electron chi connectivity index (χ4n) is 3.05. The number of carbonyl (C=O) groups is 2. The van der Waals surface area contributed by atoms with E-state index in [0.29, 0.717) is 0 Å². The summed E-state index contributed by atoms with van der Waals surface area (Å²) in [4.78, 5) is 23.7. The molecule has 1 atom stereocenters. The lowest BCUT2D eigenvalue weighted by molar-refractivity contribution is -0.222. The average molecular weight is 379 g/mol. The van der Waals surface area contributed by atoms with Crippen LogP contribution in [0.2, 0.25) is 0 Å². The molecular weight excluding hydrogens is 348 g/mol. The third kappa shape index (κ3) is 6.37. The SMILES string of the molecule is CCOC(=O)C(F)(F)[C@](O)(CCC1CCCCC1)NC(=O)OC(C)(C)C. The Balaban J connectivity index is 2.94. The molecule has 1 aliphatic rings. The first-order chi connectivity index (χ1) is 11.9. The van der Waals surface area contributed by atoms with Crippen LogP contribution in [-0.2, 0) is 14.3 Å². The summed E-state index contributed by atoms with van der Waals surface area (Å²) < 4.78 is 38.6. The first-order valence-electron chi connectivity index (χ1n) is 9.20. The topological polar surface area (TPSA) is 84.9 Å². The van der Waals surface area contributed by atoms with Crippen LogP contribution in [0, 0.1) is 5.92 Å². The third-order valence-corrected chi connectivity index (χ3v) is 4.40. The molecule has 1 rings (SSSR count). The van der Waals surface area contributed by atoms with Crippen molar-refractivity contribution >= 4 is 12.1 Å². The Morgan fingerprint density at radius 3 is 2.23 bits per heavy atom. The van der Waals surface area contributed by atoms with Gasteiger partial charge in [0, 0.05) is 6.42 Å². The monoisotopic (exact) mass is 379 g/mol. The second-order valence-electron chi connectivity index (χ2n) is 7.82. The predicted octanol–water partition coefficient (Wildman–Crippen LogP) is 3.76. The Hall–Kier alpha value is -1.44. The second kappa shape index (κ2) is 8.97. The number of aliphatic hydroxyl groups is 1. The fraction of sp³-hybridized carbons (Fsp3) is 0.889.